The number of rotatable bonds is 7. The molecule has 0 amide bonds. The number of esters is 3. The van der Waals surface area contributed by atoms with E-state index in [1.165, 1.54) is 30.4 Å². The van der Waals surface area contributed by atoms with Crippen LogP contribution in [0.15, 0.2) is 161 Å². The van der Waals surface area contributed by atoms with Gasteiger partial charge in [-0.3, -0.25) is 0 Å². The second-order valence-corrected chi connectivity index (χ2v) is 9.69. The Hall–Kier alpha value is -5.85. The van der Waals surface area contributed by atoms with Crippen molar-refractivity contribution in [1.29, 1.82) is 0 Å². The first kappa shape index (κ1) is 27.3. The first-order chi connectivity index (χ1) is 20.9. The summed E-state index contributed by atoms with van der Waals surface area (Å²) in [6.45, 7) is 0. The summed E-state index contributed by atoms with van der Waals surface area (Å²) in [6, 6.07) is 17.6. The standard InChI is InChI=1S/C35H24O8/c36-30-28(31(37)41-34(40-30,26-18-10-11-19-26)24-14-4-1-5-15-24)22-8-3-9-23-29-32(38)42-35(43-33(29)39,27-20-12-13-21-27)25-16-6-2-7-17-25/h1-18,20,22-23,36H,19H2/b9-3+,22-8+,29-23?. The number of aliphatic hydroxyl groups excluding tert-OH is 1. The number of hydrogen-bond donors (Lipinski definition) is 1. The number of ether oxygens (including phenoxy) is 4. The third-order valence-electron chi connectivity index (χ3n) is 7.04. The summed E-state index contributed by atoms with van der Waals surface area (Å²) in [6.07, 6.45) is 17.8. The summed E-state index contributed by atoms with van der Waals surface area (Å²) in [5, 5.41) is 10.7. The third-order valence-corrected chi connectivity index (χ3v) is 7.04. The van der Waals surface area contributed by atoms with E-state index in [4.69, 9.17) is 18.9 Å². The fourth-order valence-electron chi connectivity index (χ4n) is 4.96. The second kappa shape index (κ2) is 11.2. The van der Waals surface area contributed by atoms with E-state index in [0.717, 1.165) is 0 Å². The minimum atomic E-state index is -1.76. The van der Waals surface area contributed by atoms with Gasteiger partial charge in [0.2, 0.25) is 0 Å². The van der Waals surface area contributed by atoms with Gasteiger partial charge in [0.25, 0.3) is 5.95 Å². The molecule has 2 aromatic rings. The van der Waals surface area contributed by atoms with Gasteiger partial charge < -0.3 is 24.1 Å². The van der Waals surface area contributed by atoms with Crippen molar-refractivity contribution in [3.8, 4) is 0 Å². The van der Waals surface area contributed by atoms with Crippen molar-refractivity contribution in [3.63, 3.8) is 0 Å². The van der Waals surface area contributed by atoms with Gasteiger partial charge >= 0.3 is 29.5 Å². The average Bonchev–Trinajstić information content (AvgIpc) is 3.76. The number of hydrogen-bond acceptors (Lipinski definition) is 8. The summed E-state index contributed by atoms with van der Waals surface area (Å²) in [4.78, 5) is 39.0. The molecule has 4 aliphatic rings. The second-order valence-electron chi connectivity index (χ2n) is 9.69. The van der Waals surface area contributed by atoms with Gasteiger partial charge in [-0.15, -0.1) is 5.73 Å². The Morgan fingerprint density at radius 3 is 1.98 bits per heavy atom. The predicted molar refractivity (Wildman–Crippen MR) is 154 cm³/mol. The molecule has 1 N–H and O–H groups in total. The highest BCUT2D eigenvalue weighted by molar-refractivity contribution is 6.15. The molecule has 1 atom stereocenters. The molecule has 1 unspecified atom stereocenters. The quantitative estimate of drug-likeness (QED) is 0.148. The van der Waals surface area contributed by atoms with Crippen LogP contribution >= 0.6 is 0 Å². The SMILES string of the molecule is O=C1OC(C2=C=CC=C2)(c2ccccc2)OC(=O)C1=C/C=C/C=C/C1=C(O)OC(C2=CC=CC2)(c2ccccc2)OC1=O. The van der Waals surface area contributed by atoms with Gasteiger partial charge in [0.05, 0.1) is 5.57 Å². The zero-order valence-corrected chi connectivity index (χ0v) is 22.6. The molecule has 212 valence electrons. The van der Waals surface area contributed by atoms with E-state index < -0.39 is 35.4 Å². The lowest BCUT2D eigenvalue weighted by atomic mass is 9.95. The minimum absolute atomic E-state index is 0.203. The van der Waals surface area contributed by atoms with Crippen molar-refractivity contribution < 1.29 is 38.4 Å². The minimum Gasteiger partial charge on any atom is -0.480 e. The Balaban J connectivity index is 1.20. The van der Waals surface area contributed by atoms with E-state index in [1.54, 1.807) is 78.9 Å². The van der Waals surface area contributed by atoms with Crippen LogP contribution in [0.3, 0.4) is 0 Å². The maximum Gasteiger partial charge on any atom is 0.349 e. The highest BCUT2D eigenvalue weighted by Gasteiger charge is 2.50. The van der Waals surface area contributed by atoms with E-state index in [2.05, 4.69) is 5.73 Å². The van der Waals surface area contributed by atoms with Crippen LogP contribution < -0.4 is 0 Å². The Morgan fingerprint density at radius 1 is 0.744 bits per heavy atom. The van der Waals surface area contributed by atoms with Crippen molar-refractivity contribution in [1.82, 2.24) is 0 Å². The molecule has 8 nitrogen and oxygen atoms in total. The summed E-state index contributed by atoms with van der Waals surface area (Å²) in [5.74, 6) is -6.49. The van der Waals surface area contributed by atoms with Crippen molar-refractivity contribution in [2.24, 2.45) is 0 Å². The summed E-state index contributed by atoms with van der Waals surface area (Å²) < 4.78 is 23.1. The summed E-state index contributed by atoms with van der Waals surface area (Å²) in [5.41, 5.74) is 4.48. The van der Waals surface area contributed by atoms with Crippen molar-refractivity contribution in [2.45, 2.75) is 18.0 Å². The summed E-state index contributed by atoms with van der Waals surface area (Å²) >= 11 is 0. The Bertz CT molecular complexity index is 1760. The van der Waals surface area contributed by atoms with Crippen molar-refractivity contribution >= 4 is 17.9 Å². The van der Waals surface area contributed by atoms with E-state index >= 15 is 0 Å². The largest absolute Gasteiger partial charge is 0.480 e. The Morgan fingerprint density at radius 2 is 1.40 bits per heavy atom. The van der Waals surface area contributed by atoms with Gasteiger partial charge in [-0.05, 0) is 30.7 Å². The lowest BCUT2D eigenvalue weighted by molar-refractivity contribution is -0.227. The van der Waals surface area contributed by atoms with Crippen LogP contribution in [0.2, 0.25) is 0 Å². The predicted octanol–water partition coefficient (Wildman–Crippen LogP) is 5.71. The number of carbonyl (C=O) groups is 3. The van der Waals surface area contributed by atoms with Gasteiger partial charge in [0.1, 0.15) is 11.1 Å². The molecule has 8 heteroatoms. The molecule has 43 heavy (non-hydrogen) atoms. The fraction of sp³-hybridized carbons (Fsp3) is 0.0857. The van der Waals surface area contributed by atoms with Gasteiger partial charge in [0.15, 0.2) is 0 Å². The molecular weight excluding hydrogens is 548 g/mol. The molecule has 2 aliphatic heterocycles. The molecule has 2 aliphatic carbocycles. The first-order valence-electron chi connectivity index (χ1n) is 13.4. The average molecular weight is 573 g/mol. The molecule has 6 rings (SSSR count). The lowest BCUT2D eigenvalue weighted by Crippen LogP contribution is -2.45. The zero-order valence-electron chi connectivity index (χ0n) is 22.6. The fourth-order valence-corrected chi connectivity index (χ4v) is 4.96. The summed E-state index contributed by atoms with van der Waals surface area (Å²) in [7, 11) is 0. The number of cyclic esters (lactones) is 3. The zero-order chi connectivity index (χ0) is 29.9. The molecule has 0 radical (unpaired) electrons. The van der Waals surface area contributed by atoms with E-state index in [-0.39, 0.29) is 11.1 Å². The van der Waals surface area contributed by atoms with Crippen molar-refractivity contribution in [3.05, 3.63) is 173 Å². The van der Waals surface area contributed by atoms with Crippen LogP contribution in [0.4, 0.5) is 0 Å². The topological polar surface area (TPSA) is 108 Å². The van der Waals surface area contributed by atoms with Crippen molar-refractivity contribution in [2.75, 3.05) is 0 Å². The van der Waals surface area contributed by atoms with Gasteiger partial charge in [-0.1, -0.05) is 103 Å². The molecule has 0 saturated carbocycles. The molecule has 0 spiro atoms. The lowest BCUT2D eigenvalue weighted by Gasteiger charge is -2.37. The number of benzene rings is 2. The Labute approximate surface area is 246 Å². The maximum atomic E-state index is 13.0. The van der Waals surface area contributed by atoms with Gasteiger partial charge in [0, 0.05) is 16.7 Å². The van der Waals surface area contributed by atoms with Gasteiger partial charge in [-0.25, -0.2) is 14.4 Å². The molecule has 1 saturated heterocycles. The van der Waals surface area contributed by atoms with Crippen LogP contribution in [-0.4, -0.2) is 23.0 Å². The van der Waals surface area contributed by atoms with Crippen LogP contribution in [0, 0.1) is 0 Å². The van der Waals surface area contributed by atoms with E-state index in [0.29, 0.717) is 28.7 Å². The van der Waals surface area contributed by atoms with Crippen LogP contribution in [0.5, 0.6) is 0 Å². The third kappa shape index (κ3) is 4.96. The smallest absolute Gasteiger partial charge is 0.349 e. The highest BCUT2D eigenvalue weighted by atomic mass is 16.8. The normalized spacial score (nSPS) is 24.7. The molecule has 0 bridgehead atoms. The molecular formula is C35H24O8. The number of allylic oxidation sites excluding steroid dienone is 8. The molecule has 0 aromatic heterocycles. The molecule has 2 aromatic carbocycles. The van der Waals surface area contributed by atoms with Gasteiger partial charge in [-0.2, -0.15) is 0 Å². The molecule has 1 fully saturated rings. The maximum absolute atomic E-state index is 13.0. The Kier molecular flexibility index (Phi) is 7.12. The highest BCUT2D eigenvalue weighted by Crippen LogP contribution is 2.44. The van der Waals surface area contributed by atoms with E-state index in [9.17, 15) is 19.5 Å². The monoisotopic (exact) mass is 572 g/mol. The van der Waals surface area contributed by atoms with Crippen LogP contribution in [0.1, 0.15) is 17.5 Å². The number of carbonyl (C=O) groups excluding carboxylic acids is 3. The van der Waals surface area contributed by atoms with Crippen LogP contribution in [0.25, 0.3) is 0 Å². The first-order valence-corrected chi connectivity index (χ1v) is 13.4. The van der Waals surface area contributed by atoms with Crippen LogP contribution in [-0.2, 0) is 44.9 Å². The number of aliphatic hydroxyl groups is 1. The molecule has 2 heterocycles. The van der Waals surface area contributed by atoms with E-state index in [1.807, 2.05) is 18.2 Å².